The second kappa shape index (κ2) is 5.37. The largest absolute Gasteiger partial charge is 0.356 e. The van der Waals surface area contributed by atoms with E-state index in [4.69, 9.17) is 9.97 Å². The van der Waals surface area contributed by atoms with Crippen LogP contribution in [0.1, 0.15) is 24.6 Å². The van der Waals surface area contributed by atoms with Crippen molar-refractivity contribution in [3.05, 3.63) is 54.5 Å². The fourth-order valence-corrected chi connectivity index (χ4v) is 3.67. The monoisotopic (exact) mass is 317 g/mol. The van der Waals surface area contributed by atoms with Crippen LogP contribution in [0.3, 0.4) is 0 Å². The van der Waals surface area contributed by atoms with Gasteiger partial charge in [-0.1, -0.05) is 12.1 Å². The summed E-state index contributed by atoms with van der Waals surface area (Å²) in [4.78, 5) is 18.6. The Morgan fingerprint density at radius 2 is 2.00 bits per heavy atom. The van der Waals surface area contributed by atoms with Crippen LogP contribution in [-0.4, -0.2) is 33.0 Å². The summed E-state index contributed by atoms with van der Waals surface area (Å²) in [5, 5.41) is 1.16. The highest BCUT2D eigenvalue weighted by atomic mass is 15.2. The highest BCUT2D eigenvalue weighted by Gasteiger charge is 2.24. The Balaban J connectivity index is 1.44. The third kappa shape index (κ3) is 2.24. The van der Waals surface area contributed by atoms with E-state index in [2.05, 4.69) is 45.2 Å². The van der Waals surface area contributed by atoms with Crippen LogP contribution >= 0.6 is 0 Å². The first-order chi connectivity index (χ1) is 11.9. The predicted octanol–water partition coefficient (Wildman–Crippen LogP) is 3.82. The molecule has 1 saturated heterocycles. The summed E-state index contributed by atoms with van der Waals surface area (Å²) in [6, 6.07) is 14.6. The summed E-state index contributed by atoms with van der Waals surface area (Å²) < 4.78 is 0. The number of benzene rings is 1. The number of nitrogens with zero attached hydrogens (tertiary/aromatic N) is 3. The van der Waals surface area contributed by atoms with Gasteiger partial charge < -0.3 is 14.9 Å². The van der Waals surface area contributed by atoms with Crippen molar-refractivity contribution in [2.24, 2.45) is 0 Å². The number of aromatic nitrogens is 4. The minimum atomic E-state index is 0.423. The molecule has 1 fully saturated rings. The molecule has 4 aromatic rings. The smallest absolute Gasteiger partial charge is 0.139 e. The summed E-state index contributed by atoms with van der Waals surface area (Å²) >= 11 is 0. The van der Waals surface area contributed by atoms with Gasteiger partial charge in [0.2, 0.25) is 0 Å². The van der Waals surface area contributed by atoms with Crippen molar-refractivity contribution in [2.75, 3.05) is 18.0 Å². The first-order valence-electron chi connectivity index (χ1n) is 8.50. The first kappa shape index (κ1) is 13.6. The lowest BCUT2D eigenvalue weighted by atomic mass is 9.97. The van der Waals surface area contributed by atoms with E-state index >= 15 is 0 Å². The van der Waals surface area contributed by atoms with Crippen LogP contribution in [0.25, 0.3) is 22.1 Å². The van der Waals surface area contributed by atoms with Crippen LogP contribution < -0.4 is 4.90 Å². The van der Waals surface area contributed by atoms with Crippen molar-refractivity contribution in [3.8, 4) is 0 Å². The Bertz CT molecular complexity index is 958. The average Bonchev–Trinajstić information content (AvgIpc) is 3.27. The minimum absolute atomic E-state index is 0.423. The van der Waals surface area contributed by atoms with Gasteiger partial charge in [-0.2, -0.15) is 0 Å². The highest BCUT2D eigenvalue weighted by molar-refractivity contribution is 5.77. The standard InChI is InChI=1S/C19H19N5/c1-2-6-16-15(5-1)21-19(22-16)14-4-3-11-24(12-14)17-8-7-13-9-10-20-18(13)23-17/h1-2,5-10,14H,3-4,11-12H2,(H,20,23)(H,21,22). The first-order valence-corrected chi connectivity index (χ1v) is 8.50. The number of hydrogen-bond donors (Lipinski definition) is 2. The van der Waals surface area contributed by atoms with Crippen molar-refractivity contribution in [2.45, 2.75) is 18.8 Å². The number of piperidine rings is 1. The number of pyridine rings is 1. The summed E-state index contributed by atoms with van der Waals surface area (Å²) in [6.07, 6.45) is 4.27. The van der Waals surface area contributed by atoms with Gasteiger partial charge in [-0.05, 0) is 43.2 Å². The number of imidazole rings is 1. The van der Waals surface area contributed by atoms with Gasteiger partial charge in [-0.15, -0.1) is 0 Å². The molecule has 0 saturated carbocycles. The predicted molar refractivity (Wildman–Crippen MR) is 96.4 cm³/mol. The topological polar surface area (TPSA) is 60.6 Å². The summed E-state index contributed by atoms with van der Waals surface area (Å²) in [5.74, 6) is 2.57. The number of aromatic amines is 2. The quantitative estimate of drug-likeness (QED) is 0.591. The molecular formula is C19H19N5. The Morgan fingerprint density at radius 3 is 2.96 bits per heavy atom. The molecule has 5 nitrogen and oxygen atoms in total. The molecule has 5 rings (SSSR count). The maximum atomic E-state index is 4.80. The Hall–Kier alpha value is -2.82. The molecule has 0 bridgehead atoms. The number of hydrogen-bond acceptors (Lipinski definition) is 3. The van der Waals surface area contributed by atoms with Crippen molar-refractivity contribution >= 4 is 27.9 Å². The van der Waals surface area contributed by atoms with Gasteiger partial charge in [0.1, 0.15) is 17.3 Å². The molecule has 3 aromatic heterocycles. The van der Waals surface area contributed by atoms with E-state index in [-0.39, 0.29) is 0 Å². The third-order valence-corrected chi connectivity index (χ3v) is 4.93. The maximum absolute atomic E-state index is 4.80. The maximum Gasteiger partial charge on any atom is 0.139 e. The molecule has 4 heterocycles. The molecule has 24 heavy (non-hydrogen) atoms. The Morgan fingerprint density at radius 1 is 1.04 bits per heavy atom. The zero-order chi connectivity index (χ0) is 15.9. The number of H-pyrrole nitrogens is 2. The number of fused-ring (bicyclic) bond motifs is 2. The molecule has 1 unspecified atom stereocenters. The Labute approximate surface area is 139 Å². The second-order valence-corrected chi connectivity index (χ2v) is 6.51. The van der Waals surface area contributed by atoms with Crippen LogP contribution in [0.4, 0.5) is 5.82 Å². The van der Waals surface area contributed by atoms with Crippen molar-refractivity contribution in [3.63, 3.8) is 0 Å². The molecule has 1 aromatic carbocycles. The van der Waals surface area contributed by atoms with E-state index < -0.39 is 0 Å². The number of para-hydroxylation sites is 2. The van der Waals surface area contributed by atoms with Gasteiger partial charge in [-0.3, -0.25) is 0 Å². The van der Waals surface area contributed by atoms with Crippen molar-refractivity contribution in [1.82, 2.24) is 19.9 Å². The molecule has 0 radical (unpaired) electrons. The Kier molecular flexibility index (Phi) is 3.04. The summed E-state index contributed by atoms with van der Waals surface area (Å²) in [7, 11) is 0. The summed E-state index contributed by atoms with van der Waals surface area (Å²) in [5.41, 5.74) is 3.13. The lowest BCUT2D eigenvalue weighted by Crippen LogP contribution is -2.35. The SMILES string of the molecule is c1ccc2[nH]c(C3CCCN(c4ccc5cc[nH]c5n4)C3)nc2c1. The highest BCUT2D eigenvalue weighted by Crippen LogP contribution is 2.29. The molecule has 0 spiro atoms. The molecule has 0 aliphatic carbocycles. The van der Waals surface area contributed by atoms with E-state index in [9.17, 15) is 0 Å². The number of nitrogens with one attached hydrogen (secondary N) is 2. The van der Waals surface area contributed by atoms with Gasteiger partial charge >= 0.3 is 0 Å². The van der Waals surface area contributed by atoms with Gasteiger partial charge in [0.25, 0.3) is 0 Å². The van der Waals surface area contributed by atoms with Gasteiger partial charge in [-0.25, -0.2) is 9.97 Å². The van der Waals surface area contributed by atoms with E-state index in [0.29, 0.717) is 5.92 Å². The van der Waals surface area contributed by atoms with Gasteiger partial charge in [0.05, 0.1) is 11.0 Å². The fourth-order valence-electron chi connectivity index (χ4n) is 3.67. The second-order valence-electron chi connectivity index (χ2n) is 6.51. The zero-order valence-corrected chi connectivity index (χ0v) is 13.4. The van der Waals surface area contributed by atoms with Crippen LogP contribution in [0.15, 0.2) is 48.7 Å². The van der Waals surface area contributed by atoms with E-state index in [1.165, 1.54) is 6.42 Å². The number of anilines is 1. The van der Waals surface area contributed by atoms with Crippen LogP contribution in [-0.2, 0) is 0 Å². The third-order valence-electron chi connectivity index (χ3n) is 4.93. The minimum Gasteiger partial charge on any atom is -0.356 e. The molecule has 0 amide bonds. The van der Waals surface area contributed by atoms with Gasteiger partial charge in [0.15, 0.2) is 0 Å². The lowest BCUT2D eigenvalue weighted by molar-refractivity contribution is 0.493. The molecule has 1 aliphatic heterocycles. The van der Waals surface area contributed by atoms with E-state index in [1.54, 1.807) is 0 Å². The number of rotatable bonds is 2. The van der Waals surface area contributed by atoms with E-state index in [0.717, 1.165) is 53.2 Å². The molecule has 5 heteroatoms. The average molecular weight is 317 g/mol. The molecule has 2 N–H and O–H groups in total. The van der Waals surface area contributed by atoms with Crippen LogP contribution in [0.5, 0.6) is 0 Å². The summed E-state index contributed by atoms with van der Waals surface area (Å²) in [6.45, 7) is 2.01. The van der Waals surface area contributed by atoms with Gasteiger partial charge in [0, 0.05) is 30.6 Å². The zero-order valence-electron chi connectivity index (χ0n) is 13.4. The molecule has 120 valence electrons. The van der Waals surface area contributed by atoms with Crippen molar-refractivity contribution in [1.29, 1.82) is 0 Å². The normalized spacial score (nSPS) is 18.5. The van der Waals surface area contributed by atoms with Crippen molar-refractivity contribution < 1.29 is 0 Å². The fraction of sp³-hybridized carbons (Fsp3) is 0.263. The molecular weight excluding hydrogens is 298 g/mol. The van der Waals surface area contributed by atoms with Crippen LogP contribution in [0.2, 0.25) is 0 Å². The van der Waals surface area contributed by atoms with E-state index in [1.807, 2.05) is 18.3 Å². The lowest BCUT2D eigenvalue weighted by Gasteiger charge is -2.32. The molecule has 1 aliphatic rings. The van der Waals surface area contributed by atoms with Crippen LogP contribution in [0, 0.1) is 0 Å². The molecule has 1 atom stereocenters.